The van der Waals surface area contributed by atoms with Crippen LogP contribution >= 0.6 is 11.6 Å². The molecule has 1 atom stereocenters. The van der Waals surface area contributed by atoms with Crippen molar-refractivity contribution in [2.75, 3.05) is 24.5 Å². The summed E-state index contributed by atoms with van der Waals surface area (Å²) in [6, 6.07) is 8.26. The SMILES string of the molecule is CC(C)CCC(=O)N1CC[C@H](N(CC2CCCCC2)c2ccc(C#N)c(Cl)c2)C1. The maximum absolute atomic E-state index is 12.6. The first-order chi connectivity index (χ1) is 14.0. The quantitative estimate of drug-likeness (QED) is 0.579. The van der Waals surface area contributed by atoms with Crippen molar-refractivity contribution in [3.8, 4) is 6.07 Å². The number of hydrogen-bond donors (Lipinski definition) is 0. The van der Waals surface area contributed by atoms with Gasteiger partial charge in [-0.25, -0.2) is 0 Å². The van der Waals surface area contributed by atoms with Gasteiger partial charge in [0.05, 0.1) is 10.6 Å². The molecule has 1 heterocycles. The molecule has 4 nitrogen and oxygen atoms in total. The monoisotopic (exact) mass is 415 g/mol. The van der Waals surface area contributed by atoms with E-state index in [1.165, 1.54) is 32.1 Å². The second kappa shape index (κ2) is 10.3. The van der Waals surface area contributed by atoms with Crippen molar-refractivity contribution in [3.05, 3.63) is 28.8 Å². The number of hydrogen-bond acceptors (Lipinski definition) is 3. The van der Waals surface area contributed by atoms with Gasteiger partial charge in [-0.15, -0.1) is 0 Å². The van der Waals surface area contributed by atoms with Crippen LogP contribution in [0.5, 0.6) is 0 Å². The minimum absolute atomic E-state index is 0.289. The molecule has 5 heteroatoms. The van der Waals surface area contributed by atoms with Gasteiger partial charge in [-0.1, -0.05) is 44.7 Å². The smallest absolute Gasteiger partial charge is 0.222 e. The van der Waals surface area contributed by atoms with Crippen molar-refractivity contribution >= 4 is 23.2 Å². The van der Waals surface area contributed by atoms with Crippen molar-refractivity contribution in [3.63, 3.8) is 0 Å². The number of anilines is 1. The van der Waals surface area contributed by atoms with E-state index in [0.717, 1.165) is 38.2 Å². The zero-order valence-corrected chi connectivity index (χ0v) is 18.6. The van der Waals surface area contributed by atoms with Crippen molar-refractivity contribution in [2.45, 2.75) is 71.3 Å². The van der Waals surface area contributed by atoms with E-state index in [1.807, 2.05) is 23.1 Å². The van der Waals surface area contributed by atoms with E-state index < -0.39 is 0 Å². The van der Waals surface area contributed by atoms with Crippen LogP contribution < -0.4 is 4.90 Å². The van der Waals surface area contributed by atoms with Gasteiger partial charge in [0, 0.05) is 37.8 Å². The van der Waals surface area contributed by atoms with E-state index in [9.17, 15) is 10.1 Å². The lowest BCUT2D eigenvalue weighted by Gasteiger charge is -2.36. The molecular weight excluding hydrogens is 382 g/mol. The van der Waals surface area contributed by atoms with Gasteiger partial charge in [-0.3, -0.25) is 4.79 Å². The summed E-state index contributed by atoms with van der Waals surface area (Å²) >= 11 is 6.36. The average Bonchev–Trinajstić information content (AvgIpc) is 3.21. The molecule has 0 unspecified atom stereocenters. The van der Waals surface area contributed by atoms with E-state index in [4.69, 9.17) is 11.6 Å². The fourth-order valence-corrected chi connectivity index (χ4v) is 4.90. The Morgan fingerprint density at radius 1 is 1.28 bits per heavy atom. The van der Waals surface area contributed by atoms with Gasteiger partial charge in [0.1, 0.15) is 6.07 Å². The lowest BCUT2D eigenvalue weighted by molar-refractivity contribution is -0.130. The molecule has 2 aliphatic rings. The summed E-state index contributed by atoms with van der Waals surface area (Å²) < 4.78 is 0. The molecule has 158 valence electrons. The van der Waals surface area contributed by atoms with Gasteiger partial charge in [0.2, 0.25) is 5.91 Å². The van der Waals surface area contributed by atoms with Crippen LogP contribution in [0.15, 0.2) is 18.2 Å². The number of nitrogens with zero attached hydrogens (tertiary/aromatic N) is 3. The lowest BCUT2D eigenvalue weighted by atomic mass is 9.88. The highest BCUT2D eigenvalue weighted by molar-refractivity contribution is 6.32. The Bertz CT molecular complexity index is 736. The maximum Gasteiger partial charge on any atom is 0.222 e. The van der Waals surface area contributed by atoms with Gasteiger partial charge in [0.15, 0.2) is 0 Å². The number of rotatable bonds is 7. The molecule has 0 bridgehead atoms. The molecule has 1 aromatic rings. The summed E-state index contributed by atoms with van der Waals surface area (Å²) in [4.78, 5) is 17.2. The number of carbonyl (C=O) groups excluding carboxylic acids is 1. The highest BCUT2D eigenvalue weighted by Gasteiger charge is 2.32. The normalized spacial score (nSPS) is 20.1. The number of amides is 1. The topological polar surface area (TPSA) is 47.3 Å². The van der Waals surface area contributed by atoms with Gasteiger partial charge >= 0.3 is 0 Å². The minimum atomic E-state index is 0.289. The number of halogens is 1. The molecule has 0 N–H and O–H groups in total. The molecule has 1 aliphatic heterocycles. The largest absolute Gasteiger partial charge is 0.366 e. The Hall–Kier alpha value is -1.73. The van der Waals surface area contributed by atoms with Gasteiger partial charge in [0.25, 0.3) is 0 Å². The van der Waals surface area contributed by atoms with Crippen LogP contribution in [-0.4, -0.2) is 36.5 Å². The summed E-state index contributed by atoms with van der Waals surface area (Å²) in [6.07, 6.45) is 9.15. The molecule has 1 amide bonds. The summed E-state index contributed by atoms with van der Waals surface area (Å²) in [7, 11) is 0. The van der Waals surface area contributed by atoms with Crippen LogP contribution in [-0.2, 0) is 4.79 Å². The third kappa shape index (κ3) is 5.89. The number of benzene rings is 1. The molecule has 3 rings (SSSR count). The Morgan fingerprint density at radius 2 is 2.03 bits per heavy atom. The molecule has 1 saturated heterocycles. The van der Waals surface area contributed by atoms with Crippen LogP contribution in [0.4, 0.5) is 5.69 Å². The third-order valence-electron chi connectivity index (χ3n) is 6.48. The first kappa shape index (κ1) is 22.0. The van der Waals surface area contributed by atoms with E-state index in [0.29, 0.717) is 34.9 Å². The summed E-state index contributed by atoms with van der Waals surface area (Å²) in [6.45, 7) is 6.98. The molecule has 0 radical (unpaired) electrons. The molecule has 0 spiro atoms. The fourth-order valence-electron chi connectivity index (χ4n) is 4.68. The minimum Gasteiger partial charge on any atom is -0.366 e. The average molecular weight is 416 g/mol. The predicted molar refractivity (Wildman–Crippen MR) is 119 cm³/mol. The third-order valence-corrected chi connectivity index (χ3v) is 6.79. The Kier molecular flexibility index (Phi) is 7.84. The molecule has 1 aliphatic carbocycles. The summed E-state index contributed by atoms with van der Waals surface area (Å²) in [5.74, 6) is 1.54. The molecule has 0 aromatic heterocycles. The highest BCUT2D eigenvalue weighted by Crippen LogP contribution is 2.32. The molecule has 2 fully saturated rings. The molecule has 1 aromatic carbocycles. The second-order valence-electron chi connectivity index (χ2n) is 9.15. The Morgan fingerprint density at radius 3 is 2.69 bits per heavy atom. The van der Waals surface area contributed by atoms with E-state index in [2.05, 4.69) is 24.8 Å². The van der Waals surface area contributed by atoms with E-state index >= 15 is 0 Å². The highest BCUT2D eigenvalue weighted by atomic mass is 35.5. The van der Waals surface area contributed by atoms with Crippen LogP contribution in [0.1, 0.15) is 70.8 Å². The van der Waals surface area contributed by atoms with Crippen molar-refractivity contribution in [1.82, 2.24) is 4.90 Å². The standard InChI is InChI=1S/C24H34ClN3O/c1-18(2)8-11-24(29)27-13-12-22(17-27)28(16-19-6-4-3-5-7-19)21-10-9-20(15-26)23(25)14-21/h9-10,14,18-19,22H,3-8,11-13,16-17H2,1-2H3/t22-/m0/s1. The van der Waals surface area contributed by atoms with Crippen molar-refractivity contribution < 1.29 is 4.79 Å². The lowest BCUT2D eigenvalue weighted by Crippen LogP contribution is -2.42. The van der Waals surface area contributed by atoms with E-state index in [-0.39, 0.29) is 5.91 Å². The fraction of sp³-hybridized carbons (Fsp3) is 0.667. The number of nitriles is 1. The van der Waals surface area contributed by atoms with E-state index in [1.54, 1.807) is 0 Å². The first-order valence-electron chi connectivity index (χ1n) is 11.2. The Balaban J connectivity index is 1.74. The number of likely N-dealkylation sites (tertiary alicyclic amines) is 1. The van der Waals surface area contributed by atoms with Gasteiger partial charge in [-0.2, -0.15) is 5.26 Å². The van der Waals surface area contributed by atoms with Crippen LogP contribution in [0.2, 0.25) is 5.02 Å². The molecular formula is C24H34ClN3O. The van der Waals surface area contributed by atoms with Gasteiger partial charge < -0.3 is 9.80 Å². The maximum atomic E-state index is 12.6. The van der Waals surface area contributed by atoms with Crippen LogP contribution in [0.25, 0.3) is 0 Å². The molecule has 29 heavy (non-hydrogen) atoms. The van der Waals surface area contributed by atoms with Crippen LogP contribution in [0, 0.1) is 23.2 Å². The molecule has 1 saturated carbocycles. The first-order valence-corrected chi connectivity index (χ1v) is 11.6. The van der Waals surface area contributed by atoms with Crippen molar-refractivity contribution in [1.29, 1.82) is 5.26 Å². The summed E-state index contributed by atoms with van der Waals surface area (Å²) in [5.41, 5.74) is 1.60. The second-order valence-corrected chi connectivity index (χ2v) is 9.55. The van der Waals surface area contributed by atoms with Crippen LogP contribution in [0.3, 0.4) is 0 Å². The Labute approximate surface area is 180 Å². The number of carbonyl (C=O) groups is 1. The van der Waals surface area contributed by atoms with Crippen molar-refractivity contribution in [2.24, 2.45) is 11.8 Å². The predicted octanol–water partition coefficient (Wildman–Crippen LogP) is 5.64. The zero-order chi connectivity index (χ0) is 20.8. The summed E-state index contributed by atoms with van der Waals surface area (Å²) in [5, 5.41) is 9.73. The van der Waals surface area contributed by atoms with Gasteiger partial charge in [-0.05, 0) is 55.7 Å². The zero-order valence-electron chi connectivity index (χ0n) is 17.9.